The first-order chi connectivity index (χ1) is 14.9. The third-order valence-electron chi connectivity index (χ3n) is 5.21. The zero-order chi connectivity index (χ0) is 22.4. The summed E-state index contributed by atoms with van der Waals surface area (Å²) in [6, 6.07) is 12.0. The van der Waals surface area contributed by atoms with Gasteiger partial charge in [-0.3, -0.25) is 19.5 Å². The molecule has 1 N–H and O–H groups in total. The van der Waals surface area contributed by atoms with Crippen LogP contribution in [0.4, 0.5) is 5.69 Å². The Morgan fingerprint density at radius 3 is 2.58 bits per heavy atom. The molecule has 3 aromatic rings. The van der Waals surface area contributed by atoms with Crippen LogP contribution in [0.1, 0.15) is 61.9 Å². The topological polar surface area (TPSA) is 88.1 Å². The number of rotatable bonds is 8. The standard InChI is InChI=1S/C23H27N5O2S/c1-5-16-10-9-11-17(14-16)28(22(30)19-15-31-27-26-19)20(18-12-7-8-13-24-18)21(29)25-23(3,4)6-2/h7-15,20H,5-6H2,1-4H3,(H,25,29)/t20-/m0/s1. The highest BCUT2D eigenvalue weighted by Crippen LogP contribution is 2.30. The summed E-state index contributed by atoms with van der Waals surface area (Å²) in [6.45, 7) is 7.95. The molecule has 162 valence electrons. The third kappa shape index (κ3) is 5.32. The predicted octanol–water partition coefficient (Wildman–Crippen LogP) is 4.19. The molecule has 0 fully saturated rings. The lowest BCUT2D eigenvalue weighted by Gasteiger charge is -2.33. The monoisotopic (exact) mass is 437 g/mol. The van der Waals surface area contributed by atoms with Crippen molar-refractivity contribution in [1.29, 1.82) is 0 Å². The fourth-order valence-electron chi connectivity index (χ4n) is 3.10. The van der Waals surface area contributed by atoms with E-state index in [0.717, 1.165) is 29.9 Å². The van der Waals surface area contributed by atoms with Gasteiger partial charge in [0.2, 0.25) is 5.91 Å². The molecule has 3 rings (SSSR count). The average molecular weight is 438 g/mol. The van der Waals surface area contributed by atoms with Crippen LogP contribution in [-0.2, 0) is 11.2 Å². The number of nitrogens with one attached hydrogen (secondary N) is 1. The minimum absolute atomic E-state index is 0.190. The van der Waals surface area contributed by atoms with Crippen LogP contribution in [0.2, 0.25) is 0 Å². The van der Waals surface area contributed by atoms with Crippen LogP contribution in [-0.4, -0.2) is 31.9 Å². The molecule has 31 heavy (non-hydrogen) atoms. The van der Waals surface area contributed by atoms with Crippen molar-refractivity contribution < 1.29 is 9.59 Å². The van der Waals surface area contributed by atoms with Crippen molar-refractivity contribution in [3.63, 3.8) is 0 Å². The molecule has 2 heterocycles. The molecule has 1 aromatic carbocycles. The number of anilines is 1. The summed E-state index contributed by atoms with van der Waals surface area (Å²) < 4.78 is 3.83. The van der Waals surface area contributed by atoms with Gasteiger partial charge in [-0.2, -0.15) is 0 Å². The summed E-state index contributed by atoms with van der Waals surface area (Å²) in [5, 5.41) is 8.62. The summed E-state index contributed by atoms with van der Waals surface area (Å²) in [7, 11) is 0. The Kier molecular flexibility index (Phi) is 7.12. The molecule has 0 unspecified atom stereocenters. The second-order valence-corrected chi connectivity index (χ2v) is 8.48. The van der Waals surface area contributed by atoms with E-state index in [2.05, 4.69) is 19.9 Å². The first-order valence-electron chi connectivity index (χ1n) is 10.3. The lowest BCUT2D eigenvalue weighted by Crippen LogP contribution is -2.50. The quantitative estimate of drug-likeness (QED) is 0.571. The number of aryl methyl sites for hydroxylation is 1. The van der Waals surface area contributed by atoms with E-state index < -0.39 is 17.5 Å². The number of pyridine rings is 1. The normalized spacial score (nSPS) is 12.3. The van der Waals surface area contributed by atoms with Gasteiger partial charge in [0.05, 0.1) is 5.69 Å². The Labute approximate surface area is 186 Å². The van der Waals surface area contributed by atoms with Crippen LogP contribution >= 0.6 is 11.5 Å². The summed E-state index contributed by atoms with van der Waals surface area (Å²) in [4.78, 5) is 33.1. The molecule has 8 heteroatoms. The highest BCUT2D eigenvalue weighted by Gasteiger charge is 2.37. The Morgan fingerprint density at radius 1 is 1.16 bits per heavy atom. The first kappa shape index (κ1) is 22.6. The maximum atomic E-state index is 13.6. The first-order valence-corrected chi connectivity index (χ1v) is 11.1. The molecule has 0 aliphatic rings. The largest absolute Gasteiger partial charge is 0.349 e. The average Bonchev–Trinajstić information content (AvgIpc) is 3.32. The molecule has 0 bridgehead atoms. The number of hydrogen-bond donors (Lipinski definition) is 1. The lowest BCUT2D eigenvalue weighted by molar-refractivity contribution is -0.124. The zero-order valence-electron chi connectivity index (χ0n) is 18.2. The van der Waals surface area contributed by atoms with Crippen LogP contribution < -0.4 is 10.2 Å². The van der Waals surface area contributed by atoms with Crippen molar-refractivity contribution in [2.45, 2.75) is 52.1 Å². The second kappa shape index (κ2) is 9.78. The summed E-state index contributed by atoms with van der Waals surface area (Å²) in [6.07, 6.45) is 3.16. The molecule has 2 amide bonds. The Hall–Kier alpha value is -3.13. The fourth-order valence-corrected chi connectivity index (χ4v) is 3.53. The van der Waals surface area contributed by atoms with Gasteiger partial charge in [-0.1, -0.05) is 36.5 Å². The van der Waals surface area contributed by atoms with E-state index in [1.165, 1.54) is 4.90 Å². The molecular formula is C23H27N5O2S. The Balaban J connectivity index is 2.16. The highest BCUT2D eigenvalue weighted by atomic mass is 32.1. The van der Waals surface area contributed by atoms with E-state index >= 15 is 0 Å². The van der Waals surface area contributed by atoms with E-state index in [0.29, 0.717) is 11.4 Å². The summed E-state index contributed by atoms with van der Waals surface area (Å²) in [5.74, 6) is -0.703. The fraction of sp³-hybridized carbons (Fsp3) is 0.348. The number of carbonyl (C=O) groups excluding carboxylic acids is 2. The lowest BCUT2D eigenvalue weighted by atomic mass is 9.99. The van der Waals surface area contributed by atoms with Crippen molar-refractivity contribution in [3.8, 4) is 0 Å². The van der Waals surface area contributed by atoms with Crippen LogP contribution in [0.5, 0.6) is 0 Å². The van der Waals surface area contributed by atoms with E-state index in [4.69, 9.17) is 0 Å². The molecule has 0 saturated heterocycles. The predicted molar refractivity (Wildman–Crippen MR) is 122 cm³/mol. The number of aromatic nitrogens is 3. The van der Waals surface area contributed by atoms with Crippen LogP contribution in [0.25, 0.3) is 0 Å². The summed E-state index contributed by atoms with van der Waals surface area (Å²) >= 11 is 1.09. The number of carbonyl (C=O) groups is 2. The molecule has 2 aromatic heterocycles. The molecule has 0 radical (unpaired) electrons. The molecular weight excluding hydrogens is 410 g/mol. The molecule has 1 atom stereocenters. The SMILES string of the molecule is CCc1cccc(N(C(=O)c2csnn2)[C@H](C(=O)NC(C)(C)CC)c2ccccn2)c1. The minimum atomic E-state index is -0.965. The van der Waals surface area contributed by atoms with Gasteiger partial charge in [-0.15, -0.1) is 5.10 Å². The molecule has 0 aliphatic carbocycles. The maximum Gasteiger partial charge on any atom is 0.280 e. The van der Waals surface area contributed by atoms with Gasteiger partial charge in [0.1, 0.15) is 0 Å². The molecule has 0 saturated carbocycles. The molecule has 0 spiro atoms. The van der Waals surface area contributed by atoms with Crippen LogP contribution in [0, 0.1) is 0 Å². The Bertz CT molecular complexity index is 1020. The number of nitrogens with zero attached hydrogens (tertiary/aromatic N) is 4. The smallest absolute Gasteiger partial charge is 0.280 e. The number of hydrogen-bond acceptors (Lipinski definition) is 6. The van der Waals surface area contributed by atoms with Crippen molar-refractivity contribution in [2.75, 3.05) is 4.90 Å². The number of benzene rings is 1. The van der Waals surface area contributed by atoms with Gasteiger partial charge in [-0.25, -0.2) is 0 Å². The van der Waals surface area contributed by atoms with E-state index in [1.807, 2.05) is 58.0 Å². The van der Waals surface area contributed by atoms with Crippen molar-refractivity contribution in [1.82, 2.24) is 19.9 Å². The van der Waals surface area contributed by atoms with Gasteiger partial charge in [0, 0.05) is 22.8 Å². The minimum Gasteiger partial charge on any atom is -0.349 e. The van der Waals surface area contributed by atoms with E-state index in [9.17, 15) is 9.59 Å². The zero-order valence-corrected chi connectivity index (χ0v) is 19.0. The van der Waals surface area contributed by atoms with E-state index in [-0.39, 0.29) is 11.6 Å². The molecule has 0 aliphatic heterocycles. The second-order valence-electron chi connectivity index (χ2n) is 7.87. The van der Waals surface area contributed by atoms with Crippen molar-refractivity contribution in [2.24, 2.45) is 0 Å². The highest BCUT2D eigenvalue weighted by molar-refractivity contribution is 7.03. The number of amides is 2. The van der Waals surface area contributed by atoms with Gasteiger partial charge in [0.25, 0.3) is 5.91 Å². The third-order valence-corrected chi connectivity index (χ3v) is 5.72. The van der Waals surface area contributed by atoms with Crippen LogP contribution in [0.15, 0.2) is 54.0 Å². The van der Waals surface area contributed by atoms with Gasteiger partial charge < -0.3 is 5.32 Å². The molecule has 7 nitrogen and oxygen atoms in total. The Morgan fingerprint density at radius 2 is 1.97 bits per heavy atom. The van der Waals surface area contributed by atoms with Crippen molar-refractivity contribution in [3.05, 3.63) is 71.0 Å². The van der Waals surface area contributed by atoms with Gasteiger partial charge in [0.15, 0.2) is 11.7 Å². The van der Waals surface area contributed by atoms with Crippen molar-refractivity contribution >= 4 is 29.0 Å². The van der Waals surface area contributed by atoms with E-state index in [1.54, 1.807) is 23.7 Å². The van der Waals surface area contributed by atoms with Gasteiger partial charge >= 0.3 is 0 Å². The summed E-state index contributed by atoms with van der Waals surface area (Å²) in [5.41, 5.74) is 1.89. The maximum absolute atomic E-state index is 13.6. The van der Waals surface area contributed by atoms with Crippen LogP contribution in [0.3, 0.4) is 0 Å². The van der Waals surface area contributed by atoms with Gasteiger partial charge in [-0.05, 0) is 68.1 Å².